The van der Waals surface area contributed by atoms with Crippen LogP contribution < -0.4 is 5.32 Å². The number of amides is 1. The van der Waals surface area contributed by atoms with Crippen LogP contribution in [0.25, 0.3) is 0 Å². The maximum Gasteiger partial charge on any atom is 0.355 e. The van der Waals surface area contributed by atoms with Gasteiger partial charge in [0.1, 0.15) is 0 Å². The Hall–Kier alpha value is -1.92. The van der Waals surface area contributed by atoms with Gasteiger partial charge < -0.3 is 10.4 Å². The van der Waals surface area contributed by atoms with Crippen molar-refractivity contribution < 1.29 is 14.7 Å². The highest BCUT2D eigenvalue weighted by Crippen LogP contribution is 2.22. The quantitative estimate of drug-likeness (QED) is 0.910. The molecule has 0 aliphatic rings. The number of carboxylic acids is 1. The maximum atomic E-state index is 12.0. The lowest BCUT2D eigenvalue weighted by Crippen LogP contribution is -2.26. The molecule has 0 spiro atoms. The standard InChI is InChI=1S/C13H11ClN2O3S/c1-7(8-4-2-3-5-9(8)14)15-11(17)12-16-10(6-20-12)13(18)19/h2-7H,1H3,(H,15,17)(H,18,19). The van der Waals surface area contributed by atoms with E-state index in [1.54, 1.807) is 19.1 Å². The van der Waals surface area contributed by atoms with E-state index in [2.05, 4.69) is 10.3 Å². The lowest BCUT2D eigenvalue weighted by atomic mass is 10.1. The number of carboxylic acid groups (broad SMARTS) is 1. The summed E-state index contributed by atoms with van der Waals surface area (Å²) in [5.41, 5.74) is 0.656. The molecule has 1 aromatic carbocycles. The van der Waals surface area contributed by atoms with Crippen LogP contribution in [0.1, 0.15) is 38.8 Å². The fourth-order valence-electron chi connectivity index (χ4n) is 1.64. The summed E-state index contributed by atoms with van der Waals surface area (Å²) in [7, 11) is 0. The first-order chi connectivity index (χ1) is 9.49. The number of nitrogens with zero attached hydrogens (tertiary/aromatic N) is 1. The number of aromatic carboxylic acids is 1. The van der Waals surface area contributed by atoms with Crippen molar-refractivity contribution in [1.82, 2.24) is 10.3 Å². The van der Waals surface area contributed by atoms with Crippen molar-refractivity contribution in [3.8, 4) is 0 Å². The summed E-state index contributed by atoms with van der Waals surface area (Å²) in [6, 6.07) is 6.90. The van der Waals surface area contributed by atoms with Crippen molar-refractivity contribution in [1.29, 1.82) is 0 Å². The van der Waals surface area contributed by atoms with E-state index in [1.165, 1.54) is 5.38 Å². The van der Waals surface area contributed by atoms with Crippen LogP contribution in [0.15, 0.2) is 29.6 Å². The summed E-state index contributed by atoms with van der Waals surface area (Å²) in [6.45, 7) is 1.80. The highest BCUT2D eigenvalue weighted by molar-refractivity contribution is 7.11. The summed E-state index contributed by atoms with van der Waals surface area (Å²) < 4.78 is 0. The first-order valence-corrected chi connectivity index (χ1v) is 6.99. The Morgan fingerprint density at radius 1 is 1.40 bits per heavy atom. The number of hydrogen-bond acceptors (Lipinski definition) is 4. The summed E-state index contributed by atoms with van der Waals surface area (Å²) in [5.74, 6) is -1.57. The molecule has 0 bridgehead atoms. The molecule has 1 unspecified atom stereocenters. The highest BCUT2D eigenvalue weighted by atomic mass is 35.5. The zero-order valence-corrected chi connectivity index (χ0v) is 12.0. The minimum absolute atomic E-state index is 0.112. The molecule has 5 nitrogen and oxygen atoms in total. The molecule has 20 heavy (non-hydrogen) atoms. The molecule has 1 aromatic heterocycles. The third-order valence-electron chi connectivity index (χ3n) is 2.64. The number of nitrogens with one attached hydrogen (secondary N) is 1. The van der Waals surface area contributed by atoms with Gasteiger partial charge in [-0.3, -0.25) is 4.79 Å². The second-order valence-corrected chi connectivity index (χ2v) is 5.33. The zero-order chi connectivity index (χ0) is 14.7. The molecule has 0 fully saturated rings. The molecule has 1 atom stereocenters. The van der Waals surface area contributed by atoms with Crippen LogP contribution in [0.4, 0.5) is 0 Å². The summed E-state index contributed by atoms with van der Waals surface area (Å²) >= 11 is 7.04. The van der Waals surface area contributed by atoms with E-state index in [4.69, 9.17) is 16.7 Å². The molecule has 0 saturated carbocycles. The number of halogens is 1. The van der Waals surface area contributed by atoms with E-state index < -0.39 is 11.9 Å². The van der Waals surface area contributed by atoms with Crippen LogP contribution >= 0.6 is 22.9 Å². The lowest BCUT2D eigenvalue weighted by molar-refractivity contribution is 0.0691. The van der Waals surface area contributed by atoms with Crippen molar-refractivity contribution in [2.45, 2.75) is 13.0 Å². The largest absolute Gasteiger partial charge is 0.476 e. The second-order valence-electron chi connectivity index (χ2n) is 4.06. The fraction of sp³-hybridized carbons (Fsp3) is 0.154. The highest BCUT2D eigenvalue weighted by Gasteiger charge is 2.18. The van der Waals surface area contributed by atoms with Gasteiger partial charge in [0.25, 0.3) is 5.91 Å². The molecular weight excluding hydrogens is 300 g/mol. The number of benzene rings is 1. The van der Waals surface area contributed by atoms with Crippen molar-refractivity contribution in [2.24, 2.45) is 0 Å². The van der Waals surface area contributed by atoms with Crippen LogP contribution in [0, 0.1) is 0 Å². The normalized spacial score (nSPS) is 11.9. The van der Waals surface area contributed by atoms with Crippen molar-refractivity contribution in [3.05, 3.63) is 50.9 Å². The predicted octanol–water partition coefficient (Wildman–Crippen LogP) is 2.99. The van der Waals surface area contributed by atoms with Crippen molar-refractivity contribution in [3.63, 3.8) is 0 Å². The maximum absolute atomic E-state index is 12.0. The Kier molecular flexibility index (Phi) is 4.36. The van der Waals surface area contributed by atoms with E-state index in [9.17, 15) is 9.59 Å². The molecule has 0 aliphatic heterocycles. The molecule has 0 radical (unpaired) electrons. The van der Waals surface area contributed by atoms with Gasteiger partial charge in [0.15, 0.2) is 10.7 Å². The van der Waals surface area contributed by atoms with Crippen LogP contribution in [0.3, 0.4) is 0 Å². The van der Waals surface area contributed by atoms with Crippen LogP contribution in [-0.4, -0.2) is 22.0 Å². The van der Waals surface area contributed by atoms with Gasteiger partial charge in [-0.25, -0.2) is 9.78 Å². The topological polar surface area (TPSA) is 79.3 Å². The minimum Gasteiger partial charge on any atom is -0.476 e. The molecule has 7 heteroatoms. The fourth-order valence-corrected chi connectivity index (χ4v) is 2.63. The number of rotatable bonds is 4. The van der Waals surface area contributed by atoms with Gasteiger partial charge in [-0.2, -0.15) is 0 Å². The average Bonchev–Trinajstić information content (AvgIpc) is 2.88. The molecule has 2 aromatic rings. The van der Waals surface area contributed by atoms with Gasteiger partial charge in [-0.1, -0.05) is 29.8 Å². The molecule has 104 valence electrons. The third-order valence-corrected chi connectivity index (χ3v) is 3.82. The Balaban J connectivity index is 2.11. The average molecular weight is 311 g/mol. The number of carbonyl (C=O) groups excluding carboxylic acids is 1. The van der Waals surface area contributed by atoms with Crippen LogP contribution in [-0.2, 0) is 0 Å². The van der Waals surface area contributed by atoms with Gasteiger partial charge >= 0.3 is 5.97 Å². The summed E-state index contributed by atoms with van der Waals surface area (Å²) in [4.78, 5) is 26.4. The number of thiazole rings is 1. The number of carbonyl (C=O) groups is 2. The second kappa shape index (κ2) is 6.02. The van der Waals surface area contributed by atoms with E-state index in [0.717, 1.165) is 16.9 Å². The van der Waals surface area contributed by atoms with Gasteiger partial charge in [-0.15, -0.1) is 11.3 Å². The Morgan fingerprint density at radius 2 is 2.10 bits per heavy atom. The number of hydrogen-bond donors (Lipinski definition) is 2. The molecular formula is C13H11ClN2O3S. The SMILES string of the molecule is CC(NC(=O)c1nc(C(=O)O)cs1)c1ccccc1Cl. The molecule has 0 saturated heterocycles. The smallest absolute Gasteiger partial charge is 0.355 e. The Bertz CT molecular complexity index is 657. The van der Waals surface area contributed by atoms with E-state index in [1.807, 2.05) is 12.1 Å². The molecule has 0 aliphatic carbocycles. The minimum atomic E-state index is -1.15. The van der Waals surface area contributed by atoms with Crippen molar-refractivity contribution >= 4 is 34.8 Å². The lowest BCUT2D eigenvalue weighted by Gasteiger charge is -2.14. The summed E-state index contributed by atoms with van der Waals surface area (Å²) in [5, 5.41) is 13.5. The van der Waals surface area contributed by atoms with Gasteiger partial charge in [0.2, 0.25) is 0 Å². The molecule has 2 rings (SSSR count). The Labute approximate surface area is 124 Å². The molecule has 1 amide bonds. The van der Waals surface area contributed by atoms with Gasteiger partial charge in [-0.05, 0) is 18.6 Å². The van der Waals surface area contributed by atoms with E-state index >= 15 is 0 Å². The molecule has 2 N–H and O–H groups in total. The van der Waals surface area contributed by atoms with Crippen molar-refractivity contribution in [2.75, 3.05) is 0 Å². The van der Waals surface area contributed by atoms with Crippen LogP contribution in [0.5, 0.6) is 0 Å². The first kappa shape index (κ1) is 14.5. The number of aromatic nitrogens is 1. The predicted molar refractivity (Wildman–Crippen MR) is 76.4 cm³/mol. The van der Waals surface area contributed by atoms with Crippen LogP contribution in [0.2, 0.25) is 5.02 Å². The molecule has 1 heterocycles. The van der Waals surface area contributed by atoms with E-state index in [0.29, 0.717) is 5.02 Å². The first-order valence-electron chi connectivity index (χ1n) is 5.73. The van der Waals surface area contributed by atoms with Gasteiger partial charge in [0.05, 0.1) is 6.04 Å². The Morgan fingerprint density at radius 3 is 2.70 bits per heavy atom. The van der Waals surface area contributed by atoms with E-state index in [-0.39, 0.29) is 16.7 Å². The van der Waals surface area contributed by atoms with Gasteiger partial charge in [0, 0.05) is 10.4 Å². The monoisotopic (exact) mass is 310 g/mol. The zero-order valence-electron chi connectivity index (χ0n) is 10.5. The third kappa shape index (κ3) is 3.15. The summed E-state index contributed by atoms with van der Waals surface area (Å²) in [6.07, 6.45) is 0.